The highest BCUT2D eigenvalue weighted by atomic mass is 16.6. The van der Waals surface area contributed by atoms with Crippen molar-refractivity contribution < 1.29 is 29.5 Å². The zero-order valence-electron chi connectivity index (χ0n) is 13.2. The predicted molar refractivity (Wildman–Crippen MR) is 78.3 cm³/mol. The average Bonchev–Trinajstić information content (AvgIpc) is 2.92. The average molecular weight is 315 g/mol. The molecule has 7 nitrogen and oxygen atoms in total. The Kier molecular flexibility index (Phi) is 4.66. The fourth-order valence-corrected chi connectivity index (χ4v) is 3.41. The van der Waals surface area contributed by atoms with Gasteiger partial charge in [-0.1, -0.05) is 13.8 Å². The minimum Gasteiger partial charge on any atom is -0.632 e. The maximum Gasteiger partial charge on any atom is 0.341 e. The van der Waals surface area contributed by atoms with Gasteiger partial charge in [-0.05, 0) is 18.9 Å². The Balaban J connectivity index is 2.03. The zero-order valence-corrected chi connectivity index (χ0v) is 13.2. The molecule has 0 aromatic rings. The number of nitrogens with zero attached hydrogens (tertiary/aromatic N) is 1. The summed E-state index contributed by atoms with van der Waals surface area (Å²) in [4.78, 5) is 12.2. The highest BCUT2D eigenvalue weighted by Gasteiger charge is 2.49. The number of carbonyl (C=O) groups is 1. The second kappa shape index (κ2) is 5.90. The standard InChI is InChI=1S/C15H25NO6/c1-9(2)15(20,10(3)17)14(19)22-8-11-4-6-16(21)7-5-12(18)13(11)16/h4,9-10,12-13,17-18,20H,5-8H2,1-3H3/t10-,12+,13-,15-,16?/m0/s1. The van der Waals surface area contributed by atoms with Crippen molar-refractivity contribution in [2.75, 3.05) is 19.7 Å². The molecule has 0 amide bonds. The number of esters is 1. The first-order chi connectivity index (χ1) is 10.1. The van der Waals surface area contributed by atoms with Gasteiger partial charge in [-0.2, -0.15) is 0 Å². The number of rotatable bonds is 5. The fraction of sp³-hybridized carbons (Fsp3) is 0.800. The summed E-state index contributed by atoms with van der Waals surface area (Å²) >= 11 is 0. The molecule has 7 heteroatoms. The van der Waals surface area contributed by atoms with Gasteiger partial charge in [0.05, 0.1) is 19.2 Å². The van der Waals surface area contributed by atoms with Gasteiger partial charge in [0.25, 0.3) is 0 Å². The Morgan fingerprint density at radius 2 is 2.18 bits per heavy atom. The van der Waals surface area contributed by atoms with Gasteiger partial charge in [0, 0.05) is 12.0 Å². The Morgan fingerprint density at radius 1 is 1.55 bits per heavy atom. The highest BCUT2D eigenvalue weighted by molar-refractivity contribution is 5.80. The number of hydroxylamine groups is 3. The first-order valence-electron chi connectivity index (χ1n) is 7.65. The quantitative estimate of drug-likeness (QED) is 0.278. The van der Waals surface area contributed by atoms with Crippen LogP contribution in [0.15, 0.2) is 11.6 Å². The lowest BCUT2D eigenvalue weighted by Gasteiger charge is -2.40. The topological polar surface area (TPSA) is 110 Å². The summed E-state index contributed by atoms with van der Waals surface area (Å²) in [5.41, 5.74) is -1.40. The van der Waals surface area contributed by atoms with Gasteiger partial charge >= 0.3 is 5.97 Å². The molecule has 0 bridgehead atoms. The lowest BCUT2D eigenvalue weighted by molar-refractivity contribution is -0.877. The molecule has 2 rings (SSSR count). The van der Waals surface area contributed by atoms with Gasteiger partial charge < -0.3 is 29.9 Å². The van der Waals surface area contributed by atoms with Gasteiger partial charge in [0.1, 0.15) is 18.8 Å². The van der Waals surface area contributed by atoms with Crippen LogP contribution in [0.25, 0.3) is 0 Å². The first-order valence-corrected chi connectivity index (χ1v) is 7.65. The summed E-state index contributed by atoms with van der Waals surface area (Å²) < 4.78 is 4.64. The molecule has 126 valence electrons. The second-order valence-corrected chi connectivity index (χ2v) is 6.67. The van der Waals surface area contributed by atoms with E-state index >= 15 is 0 Å². The molecule has 2 aliphatic heterocycles. The lowest BCUT2D eigenvalue weighted by atomic mass is 9.85. The maximum atomic E-state index is 12.4. The number of quaternary nitrogens is 1. The minimum atomic E-state index is -1.99. The van der Waals surface area contributed by atoms with Crippen molar-refractivity contribution in [2.24, 2.45) is 5.92 Å². The third-order valence-electron chi connectivity index (χ3n) is 4.93. The van der Waals surface area contributed by atoms with Gasteiger partial charge in [0.2, 0.25) is 0 Å². The van der Waals surface area contributed by atoms with Crippen molar-refractivity contribution in [3.8, 4) is 0 Å². The van der Waals surface area contributed by atoms with Gasteiger partial charge in [-0.3, -0.25) is 0 Å². The van der Waals surface area contributed by atoms with Crippen LogP contribution in [0.3, 0.4) is 0 Å². The summed E-state index contributed by atoms with van der Waals surface area (Å²) in [6.07, 6.45) is 0.127. The van der Waals surface area contributed by atoms with E-state index in [-0.39, 0.29) is 13.2 Å². The van der Waals surface area contributed by atoms with Crippen LogP contribution in [0.4, 0.5) is 0 Å². The van der Waals surface area contributed by atoms with Crippen LogP contribution in [0.1, 0.15) is 27.2 Å². The monoisotopic (exact) mass is 315 g/mol. The number of hydrogen-bond acceptors (Lipinski definition) is 6. The fourth-order valence-electron chi connectivity index (χ4n) is 3.41. The summed E-state index contributed by atoms with van der Waals surface area (Å²) in [5, 5.41) is 42.4. The molecule has 2 aliphatic rings. The van der Waals surface area contributed by atoms with Crippen LogP contribution in [0, 0.1) is 11.1 Å². The SMILES string of the molecule is CC(C)[C@@](O)(C(=O)OCC1=CC[N+]2([O-])CC[C@@H](O)[C@H]12)[C@H](C)O. The Hall–Kier alpha value is -0.990. The molecule has 2 heterocycles. The van der Waals surface area contributed by atoms with E-state index in [0.29, 0.717) is 18.5 Å². The number of aliphatic hydroxyl groups excluding tert-OH is 2. The van der Waals surface area contributed by atoms with E-state index in [1.54, 1.807) is 19.9 Å². The molecule has 0 aromatic carbocycles. The molecule has 3 N–H and O–H groups in total. The lowest BCUT2D eigenvalue weighted by Crippen LogP contribution is -2.53. The Labute approximate surface area is 130 Å². The van der Waals surface area contributed by atoms with Crippen LogP contribution < -0.4 is 0 Å². The largest absolute Gasteiger partial charge is 0.632 e. The summed E-state index contributed by atoms with van der Waals surface area (Å²) in [6.45, 7) is 5.02. The van der Waals surface area contributed by atoms with Crippen molar-refractivity contribution in [1.82, 2.24) is 0 Å². The van der Waals surface area contributed by atoms with Crippen molar-refractivity contribution in [1.29, 1.82) is 0 Å². The third-order valence-corrected chi connectivity index (χ3v) is 4.93. The predicted octanol–water partition coefficient (Wildman–Crippen LogP) is -0.315. The third kappa shape index (κ3) is 2.68. The Morgan fingerprint density at radius 3 is 2.73 bits per heavy atom. The van der Waals surface area contributed by atoms with E-state index in [4.69, 9.17) is 4.74 Å². The smallest absolute Gasteiger partial charge is 0.341 e. The zero-order chi connectivity index (χ0) is 16.7. The summed E-state index contributed by atoms with van der Waals surface area (Å²) in [6, 6.07) is -0.591. The van der Waals surface area contributed by atoms with Crippen molar-refractivity contribution in [3.05, 3.63) is 16.9 Å². The molecule has 22 heavy (non-hydrogen) atoms. The molecule has 0 aromatic heterocycles. The molecule has 1 unspecified atom stereocenters. The van der Waals surface area contributed by atoms with Crippen molar-refractivity contribution in [2.45, 2.75) is 51.0 Å². The van der Waals surface area contributed by atoms with Crippen molar-refractivity contribution in [3.63, 3.8) is 0 Å². The normalized spacial score (nSPS) is 35.0. The summed E-state index contributed by atoms with van der Waals surface area (Å²) in [5.74, 6) is -1.44. The van der Waals surface area contributed by atoms with E-state index in [1.165, 1.54) is 6.92 Å². The molecule has 0 radical (unpaired) electrons. The molecule has 0 saturated carbocycles. The number of hydrogen-bond donors (Lipinski definition) is 3. The number of carbonyl (C=O) groups excluding carboxylic acids is 1. The van der Waals surface area contributed by atoms with Crippen LogP contribution in [0.2, 0.25) is 0 Å². The van der Waals surface area contributed by atoms with Crippen LogP contribution in [-0.4, -0.2) is 69.5 Å². The second-order valence-electron chi connectivity index (χ2n) is 6.67. The van der Waals surface area contributed by atoms with Gasteiger partial charge in [-0.25, -0.2) is 4.79 Å². The van der Waals surface area contributed by atoms with Crippen LogP contribution in [0.5, 0.6) is 0 Å². The van der Waals surface area contributed by atoms with E-state index in [1.807, 2.05) is 0 Å². The molecular weight excluding hydrogens is 290 g/mol. The van der Waals surface area contributed by atoms with E-state index < -0.39 is 40.4 Å². The Bertz CT molecular complexity index is 467. The van der Waals surface area contributed by atoms with Crippen LogP contribution >= 0.6 is 0 Å². The van der Waals surface area contributed by atoms with Gasteiger partial charge in [-0.15, -0.1) is 0 Å². The first kappa shape index (κ1) is 17.4. The number of fused-ring (bicyclic) bond motifs is 1. The van der Waals surface area contributed by atoms with Gasteiger partial charge in [0.15, 0.2) is 5.60 Å². The van der Waals surface area contributed by atoms with E-state index in [2.05, 4.69) is 0 Å². The number of ether oxygens (including phenoxy) is 1. The molecule has 1 saturated heterocycles. The molecular formula is C15H25NO6. The summed E-state index contributed by atoms with van der Waals surface area (Å²) in [7, 11) is 0. The molecule has 5 atom stereocenters. The van der Waals surface area contributed by atoms with E-state index in [0.717, 1.165) is 0 Å². The highest BCUT2D eigenvalue weighted by Crippen LogP contribution is 2.36. The molecule has 0 spiro atoms. The van der Waals surface area contributed by atoms with Crippen LogP contribution in [-0.2, 0) is 9.53 Å². The minimum absolute atomic E-state index is 0.148. The molecule has 0 aliphatic carbocycles. The molecule has 1 fully saturated rings. The number of aliphatic hydroxyl groups is 3. The van der Waals surface area contributed by atoms with Crippen molar-refractivity contribution >= 4 is 5.97 Å². The maximum absolute atomic E-state index is 12.4. The van der Waals surface area contributed by atoms with E-state index in [9.17, 15) is 25.3 Å².